The van der Waals surface area contributed by atoms with Gasteiger partial charge in [-0.05, 0) is 37.6 Å². The standard InChI is InChI=1S/C11H14BrNO3S/c1-8-11(6-7-16-8)13-17(14,15)10-4-2-9(12)3-5-10/h2-5,8,11,13H,6-7H2,1H3. The Hall–Kier alpha value is -0.430. The minimum atomic E-state index is -3.44. The van der Waals surface area contributed by atoms with E-state index >= 15 is 0 Å². The second-order valence-corrected chi connectivity index (χ2v) is 6.68. The molecule has 17 heavy (non-hydrogen) atoms. The molecule has 1 aliphatic rings. The third-order valence-corrected chi connectivity index (χ3v) is 4.84. The number of nitrogens with one attached hydrogen (secondary N) is 1. The summed E-state index contributed by atoms with van der Waals surface area (Å²) in [6.45, 7) is 2.48. The largest absolute Gasteiger partial charge is 0.377 e. The highest BCUT2D eigenvalue weighted by Gasteiger charge is 2.28. The molecular formula is C11H14BrNO3S. The van der Waals surface area contributed by atoms with Crippen molar-refractivity contribution in [2.45, 2.75) is 30.4 Å². The fourth-order valence-corrected chi connectivity index (χ4v) is 3.37. The van der Waals surface area contributed by atoms with E-state index in [9.17, 15) is 8.42 Å². The maximum atomic E-state index is 12.1. The molecule has 94 valence electrons. The van der Waals surface area contributed by atoms with Crippen LogP contribution in [0.1, 0.15) is 13.3 Å². The average Bonchev–Trinajstić information content (AvgIpc) is 2.64. The van der Waals surface area contributed by atoms with Gasteiger partial charge in [-0.15, -0.1) is 0 Å². The summed E-state index contributed by atoms with van der Waals surface area (Å²) in [5.74, 6) is 0. The molecule has 2 unspecified atom stereocenters. The highest BCUT2D eigenvalue weighted by molar-refractivity contribution is 9.10. The summed E-state index contributed by atoms with van der Waals surface area (Å²) in [6, 6.07) is 6.44. The molecule has 4 nitrogen and oxygen atoms in total. The lowest BCUT2D eigenvalue weighted by Gasteiger charge is -2.16. The van der Waals surface area contributed by atoms with E-state index in [1.54, 1.807) is 24.3 Å². The lowest BCUT2D eigenvalue weighted by atomic mass is 10.2. The van der Waals surface area contributed by atoms with Gasteiger partial charge in [0.2, 0.25) is 10.0 Å². The zero-order valence-electron chi connectivity index (χ0n) is 9.39. The molecule has 0 saturated carbocycles. The highest BCUT2D eigenvalue weighted by atomic mass is 79.9. The van der Waals surface area contributed by atoms with Gasteiger partial charge in [0.25, 0.3) is 0 Å². The Morgan fingerprint density at radius 3 is 2.53 bits per heavy atom. The van der Waals surface area contributed by atoms with Crippen LogP contribution in [0.25, 0.3) is 0 Å². The summed E-state index contributed by atoms with van der Waals surface area (Å²) < 4.78 is 33.0. The van der Waals surface area contributed by atoms with Crippen molar-refractivity contribution in [1.29, 1.82) is 0 Å². The molecule has 2 rings (SSSR count). The minimum absolute atomic E-state index is 0.0692. The van der Waals surface area contributed by atoms with E-state index in [0.717, 1.165) is 10.9 Å². The maximum absolute atomic E-state index is 12.1. The first-order chi connectivity index (χ1) is 7.99. The Morgan fingerprint density at radius 2 is 2.00 bits per heavy atom. The molecule has 1 aliphatic heterocycles. The molecule has 6 heteroatoms. The first-order valence-electron chi connectivity index (χ1n) is 5.38. The van der Waals surface area contributed by atoms with Gasteiger partial charge in [-0.25, -0.2) is 13.1 Å². The maximum Gasteiger partial charge on any atom is 0.240 e. The molecule has 0 bridgehead atoms. The fraction of sp³-hybridized carbons (Fsp3) is 0.455. The molecule has 1 aromatic rings. The molecule has 0 spiro atoms. The molecule has 0 amide bonds. The molecule has 0 aromatic heterocycles. The van der Waals surface area contributed by atoms with Gasteiger partial charge in [0.1, 0.15) is 0 Å². The molecule has 1 saturated heterocycles. The van der Waals surface area contributed by atoms with Gasteiger partial charge in [-0.3, -0.25) is 0 Å². The molecule has 1 fully saturated rings. The third-order valence-electron chi connectivity index (χ3n) is 2.81. The number of benzene rings is 1. The Kier molecular flexibility index (Phi) is 3.87. The second kappa shape index (κ2) is 5.06. The number of sulfonamides is 1. The van der Waals surface area contributed by atoms with Gasteiger partial charge in [-0.1, -0.05) is 15.9 Å². The van der Waals surface area contributed by atoms with Crippen LogP contribution >= 0.6 is 15.9 Å². The summed E-state index contributed by atoms with van der Waals surface area (Å²) in [5, 5.41) is 0. The zero-order chi connectivity index (χ0) is 12.5. The van der Waals surface area contributed by atoms with E-state index in [4.69, 9.17) is 4.74 Å². The first-order valence-corrected chi connectivity index (χ1v) is 7.66. The quantitative estimate of drug-likeness (QED) is 0.925. The van der Waals surface area contributed by atoms with Crippen LogP contribution in [-0.2, 0) is 14.8 Å². The second-order valence-electron chi connectivity index (χ2n) is 4.05. The number of rotatable bonds is 3. The van der Waals surface area contributed by atoms with E-state index in [2.05, 4.69) is 20.7 Å². The fourth-order valence-electron chi connectivity index (χ4n) is 1.77. The van der Waals surface area contributed by atoms with E-state index in [-0.39, 0.29) is 17.0 Å². The minimum Gasteiger partial charge on any atom is -0.377 e. The molecule has 1 N–H and O–H groups in total. The van der Waals surface area contributed by atoms with Gasteiger partial charge in [0.05, 0.1) is 17.0 Å². The van der Waals surface area contributed by atoms with Gasteiger partial charge < -0.3 is 4.74 Å². The van der Waals surface area contributed by atoms with Crippen LogP contribution in [0.15, 0.2) is 33.6 Å². The van der Waals surface area contributed by atoms with E-state index in [1.807, 2.05) is 6.92 Å². The normalized spacial score (nSPS) is 25.1. The first kappa shape index (κ1) is 13.0. The van der Waals surface area contributed by atoms with Crippen LogP contribution < -0.4 is 4.72 Å². The van der Waals surface area contributed by atoms with Crippen molar-refractivity contribution >= 4 is 26.0 Å². The zero-order valence-corrected chi connectivity index (χ0v) is 11.8. The Bertz CT molecular complexity index is 486. The lowest BCUT2D eigenvalue weighted by Crippen LogP contribution is -2.39. The number of halogens is 1. The van der Waals surface area contributed by atoms with Crippen LogP contribution in [0, 0.1) is 0 Å². The molecule has 0 radical (unpaired) electrons. The van der Waals surface area contributed by atoms with Gasteiger partial charge >= 0.3 is 0 Å². The van der Waals surface area contributed by atoms with E-state index in [0.29, 0.717) is 6.61 Å². The van der Waals surface area contributed by atoms with Crippen molar-refractivity contribution in [3.63, 3.8) is 0 Å². The monoisotopic (exact) mass is 319 g/mol. The molecule has 1 heterocycles. The van der Waals surface area contributed by atoms with E-state index < -0.39 is 10.0 Å². The Balaban J connectivity index is 2.16. The van der Waals surface area contributed by atoms with Gasteiger partial charge in [-0.2, -0.15) is 0 Å². The van der Waals surface area contributed by atoms with Crippen molar-refractivity contribution in [1.82, 2.24) is 4.72 Å². The Labute approximate surface area is 110 Å². The summed E-state index contributed by atoms with van der Waals surface area (Å²) in [7, 11) is -3.44. The lowest BCUT2D eigenvalue weighted by molar-refractivity contribution is 0.117. The number of hydrogen-bond donors (Lipinski definition) is 1. The van der Waals surface area contributed by atoms with Gasteiger partial charge in [0.15, 0.2) is 0 Å². The van der Waals surface area contributed by atoms with Crippen molar-refractivity contribution in [2.75, 3.05) is 6.61 Å². The summed E-state index contributed by atoms with van der Waals surface area (Å²) in [5.41, 5.74) is 0. The van der Waals surface area contributed by atoms with Crippen molar-refractivity contribution in [2.24, 2.45) is 0 Å². The smallest absolute Gasteiger partial charge is 0.240 e. The number of ether oxygens (including phenoxy) is 1. The third kappa shape index (κ3) is 3.07. The summed E-state index contributed by atoms with van der Waals surface area (Å²) in [4.78, 5) is 0.278. The highest BCUT2D eigenvalue weighted by Crippen LogP contribution is 2.18. The van der Waals surface area contributed by atoms with Crippen molar-refractivity contribution < 1.29 is 13.2 Å². The summed E-state index contributed by atoms with van der Waals surface area (Å²) >= 11 is 3.27. The van der Waals surface area contributed by atoms with Crippen molar-refractivity contribution in [3.05, 3.63) is 28.7 Å². The SMILES string of the molecule is CC1OCCC1NS(=O)(=O)c1ccc(Br)cc1. The van der Waals surface area contributed by atoms with Crippen molar-refractivity contribution in [3.8, 4) is 0 Å². The molecule has 2 atom stereocenters. The molecule has 0 aliphatic carbocycles. The molecular weight excluding hydrogens is 306 g/mol. The predicted octanol–water partition coefficient (Wildman–Crippen LogP) is 1.90. The van der Waals surface area contributed by atoms with Crippen LogP contribution in [0.4, 0.5) is 0 Å². The topological polar surface area (TPSA) is 55.4 Å². The van der Waals surface area contributed by atoms with Gasteiger partial charge in [0, 0.05) is 11.1 Å². The Morgan fingerprint density at radius 1 is 1.35 bits per heavy atom. The molecule has 1 aromatic carbocycles. The summed E-state index contributed by atoms with van der Waals surface area (Å²) in [6.07, 6.45) is 0.650. The number of hydrogen-bond acceptors (Lipinski definition) is 3. The van der Waals surface area contributed by atoms with Crippen LogP contribution in [0.2, 0.25) is 0 Å². The van der Waals surface area contributed by atoms with E-state index in [1.165, 1.54) is 0 Å². The predicted molar refractivity (Wildman–Crippen MR) is 68.3 cm³/mol. The van der Waals surface area contributed by atoms with Crippen LogP contribution in [0.3, 0.4) is 0 Å². The van der Waals surface area contributed by atoms with Crippen LogP contribution in [0.5, 0.6) is 0 Å². The average molecular weight is 320 g/mol. The van der Waals surface area contributed by atoms with Crippen LogP contribution in [-0.4, -0.2) is 27.2 Å².